The van der Waals surface area contributed by atoms with Crippen LogP contribution in [-0.4, -0.2) is 30.0 Å². The van der Waals surface area contributed by atoms with Crippen LogP contribution >= 0.6 is 0 Å². The normalized spacial score (nSPS) is 21.1. The van der Waals surface area contributed by atoms with Gasteiger partial charge in [0.25, 0.3) is 0 Å². The lowest BCUT2D eigenvalue weighted by molar-refractivity contribution is -0.0514. The average Bonchev–Trinajstić information content (AvgIpc) is 2.35. The van der Waals surface area contributed by atoms with Crippen molar-refractivity contribution in [3.05, 3.63) is 29.3 Å². The average molecular weight is 284 g/mol. The van der Waals surface area contributed by atoms with Crippen molar-refractivity contribution in [3.8, 4) is 5.75 Å². The Balaban J connectivity index is 2.24. The Morgan fingerprint density at radius 3 is 2.35 bits per heavy atom. The van der Waals surface area contributed by atoms with Gasteiger partial charge in [0.15, 0.2) is 0 Å². The summed E-state index contributed by atoms with van der Waals surface area (Å²) >= 11 is 0. The van der Waals surface area contributed by atoms with Gasteiger partial charge in [-0.25, -0.2) is 8.78 Å². The Kier molecular flexibility index (Phi) is 4.02. The van der Waals surface area contributed by atoms with Gasteiger partial charge in [-0.2, -0.15) is 0 Å². The van der Waals surface area contributed by atoms with Crippen LogP contribution in [0, 0.1) is 0 Å². The largest absolute Gasteiger partial charge is 0.508 e. The second kappa shape index (κ2) is 5.30. The van der Waals surface area contributed by atoms with Crippen molar-refractivity contribution < 1.29 is 13.9 Å². The molecule has 112 valence electrons. The molecule has 1 aromatic rings. The maximum Gasteiger partial charge on any atom is 0.248 e. The molecule has 0 radical (unpaired) electrons. The van der Waals surface area contributed by atoms with Gasteiger partial charge in [-0.05, 0) is 44.6 Å². The van der Waals surface area contributed by atoms with Crippen molar-refractivity contribution >= 4 is 0 Å². The molecule has 3 N–H and O–H groups in total. The molecule has 20 heavy (non-hydrogen) atoms. The predicted molar refractivity (Wildman–Crippen MR) is 74.8 cm³/mol. The SMILES string of the molecule is CN(C)Cc1cc(C2(N)CCC(F)(F)CC2)ccc1O. The lowest BCUT2D eigenvalue weighted by atomic mass is 9.75. The molecule has 1 aromatic carbocycles. The van der Waals surface area contributed by atoms with Gasteiger partial charge in [-0.15, -0.1) is 0 Å². The zero-order chi connectivity index (χ0) is 15.0. The monoisotopic (exact) mass is 284 g/mol. The smallest absolute Gasteiger partial charge is 0.248 e. The van der Waals surface area contributed by atoms with Crippen LogP contribution in [0.3, 0.4) is 0 Å². The van der Waals surface area contributed by atoms with Gasteiger partial charge in [0, 0.05) is 30.5 Å². The van der Waals surface area contributed by atoms with Crippen LogP contribution in [-0.2, 0) is 12.1 Å². The van der Waals surface area contributed by atoms with Crippen molar-refractivity contribution in [1.29, 1.82) is 0 Å². The van der Waals surface area contributed by atoms with Crippen LogP contribution in [0.1, 0.15) is 36.8 Å². The summed E-state index contributed by atoms with van der Waals surface area (Å²) < 4.78 is 26.6. The molecule has 2 rings (SSSR count). The van der Waals surface area contributed by atoms with Gasteiger partial charge in [0.05, 0.1) is 0 Å². The maximum atomic E-state index is 13.3. The van der Waals surface area contributed by atoms with Crippen molar-refractivity contribution in [2.45, 2.75) is 43.7 Å². The fraction of sp³-hybridized carbons (Fsp3) is 0.600. The van der Waals surface area contributed by atoms with Crippen molar-refractivity contribution in [2.24, 2.45) is 5.73 Å². The van der Waals surface area contributed by atoms with E-state index in [0.29, 0.717) is 6.54 Å². The van der Waals surface area contributed by atoms with Crippen LogP contribution in [0.2, 0.25) is 0 Å². The third kappa shape index (κ3) is 3.27. The minimum absolute atomic E-state index is 0.173. The summed E-state index contributed by atoms with van der Waals surface area (Å²) in [6.45, 7) is 0.589. The van der Waals surface area contributed by atoms with Gasteiger partial charge in [-0.3, -0.25) is 0 Å². The summed E-state index contributed by atoms with van der Waals surface area (Å²) in [6, 6.07) is 5.20. The first-order chi connectivity index (χ1) is 9.22. The molecule has 0 heterocycles. The molecule has 0 aliphatic heterocycles. The Morgan fingerprint density at radius 2 is 1.80 bits per heavy atom. The fourth-order valence-corrected chi connectivity index (χ4v) is 2.71. The van der Waals surface area contributed by atoms with E-state index in [2.05, 4.69) is 0 Å². The van der Waals surface area contributed by atoms with Crippen LogP contribution in [0.4, 0.5) is 8.78 Å². The van der Waals surface area contributed by atoms with E-state index in [1.54, 1.807) is 12.1 Å². The number of hydrogen-bond donors (Lipinski definition) is 2. The van der Waals surface area contributed by atoms with E-state index in [1.165, 1.54) is 0 Å². The Morgan fingerprint density at radius 1 is 1.20 bits per heavy atom. The Labute approximate surface area is 118 Å². The summed E-state index contributed by atoms with van der Waals surface area (Å²) in [5.74, 6) is -2.38. The first-order valence-electron chi connectivity index (χ1n) is 6.86. The van der Waals surface area contributed by atoms with E-state index >= 15 is 0 Å². The summed E-state index contributed by atoms with van der Waals surface area (Å²) in [7, 11) is 3.82. The molecule has 1 saturated carbocycles. The number of halogens is 2. The number of phenolic OH excluding ortho intramolecular Hbond substituents is 1. The lowest BCUT2D eigenvalue weighted by Crippen LogP contribution is -2.43. The molecule has 5 heteroatoms. The van der Waals surface area contributed by atoms with Crippen molar-refractivity contribution in [1.82, 2.24) is 4.90 Å². The molecule has 0 bridgehead atoms. The second-order valence-electron chi connectivity index (χ2n) is 6.09. The second-order valence-corrected chi connectivity index (χ2v) is 6.09. The number of nitrogens with zero attached hydrogens (tertiary/aromatic N) is 1. The molecule has 0 spiro atoms. The van der Waals surface area contributed by atoms with Gasteiger partial charge in [0.1, 0.15) is 5.75 Å². The van der Waals surface area contributed by atoms with Crippen LogP contribution in [0.25, 0.3) is 0 Å². The molecule has 0 aromatic heterocycles. The Bertz CT molecular complexity index is 479. The minimum atomic E-state index is -2.59. The zero-order valence-corrected chi connectivity index (χ0v) is 12.0. The highest BCUT2D eigenvalue weighted by atomic mass is 19.3. The number of hydrogen-bond acceptors (Lipinski definition) is 3. The number of nitrogens with two attached hydrogens (primary N) is 1. The molecule has 1 aliphatic carbocycles. The topological polar surface area (TPSA) is 49.5 Å². The number of rotatable bonds is 3. The highest BCUT2D eigenvalue weighted by Gasteiger charge is 2.42. The molecular formula is C15H22F2N2O. The summed E-state index contributed by atoms with van der Waals surface area (Å²) in [5.41, 5.74) is 7.22. The quantitative estimate of drug-likeness (QED) is 0.897. The molecule has 0 saturated heterocycles. The van der Waals surface area contributed by atoms with E-state index in [1.807, 2.05) is 25.1 Å². The summed E-state index contributed by atoms with van der Waals surface area (Å²) in [6.07, 6.45) is 0.194. The fourth-order valence-electron chi connectivity index (χ4n) is 2.71. The molecule has 0 unspecified atom stereocenters. The molecule has 1 aliphatic rings. The highest BCUT2D eigenvalue weighted by Crippen LogP contribution is 2.42. The van der Waals surface area contributed by atoms with E-state index in [9.17, 15) is 13.9 Å². The number of benzene rings is 1. The van der Waals surface area contributed by atoms with E-state index in [0.717, 1.165) is 11.1 Å². The third-order valence-corrected chi connectivity index (χ3v) is 4.01. The van der Waals surface area contributed by atoms with Gasteiger partial charge in [-0.1, -0.05) is 6.07 Å². The van der Waals surface area contributed by atoms with E-state index in [4.69, 9.17) is 5.73 Å². The van der Waals surface area contributed by atoms with Crippen molar-refractivity contribution in [3.63, 3.8) is 0 Å². The van der Waals surface area contributed by atoms with Crippen LogP contribution in [0.5, 0.6) is 5.75 Å². The predicted octanol–water partition coefficient (Wildman–Crippen LogP) is 2.82. The van der Waals surface area contributed by atoms with Gasteiger partial charge >= 0.3 is 0 Å². The summed E-state index contributed by atoms with van der Waals surface area (Å²) in [5, 5.41) is 9.86. The highest BCUT2D eigenvalue weighted by molar-refractivity contribution is 5.39. The number of alkyl halides is 2. The number of phenols is 1. The van der Waals surface area contributed by atoms with Crippen molar-refractivity contribution in [2.75, 3.05) is 14.1 Å². The Hall–Kier alpha value is -1.20. The van der Waals surface area contributed by atoms with Gasteiger partial charge < -0.3 is 15.7 Å². The standard InChI is InChI=1S/C15H22F2N2O/c1-19(2)10-11-9-12(3-4-13(11)20)14(18)5-7-15(16,17)8-6-14/h3-4,9,20H,5-8,10,18H2,1-2H3. The third-order valence-electron chi connectivity index (χ3n) is 4.01. The lowest BCUT2D eigenvalue weighted by Gasteiger charge is -2.37. The maximum absolute atomic E-state index is 13.3. The molecule has 0 atom stereocenters. The van der Waals surface area contributed by atoms with Crippen LogP contribution in [0.15, 0.2) is 18.2 Å². The van der Waals surface area contributed by atoms with E-state index in [-0.39, 0.29) is 31.4 Å². The number of aromatic hydroxyl groups is 1. The molecule has 3 nitrogen and oxygen atoms in total. The first kappa shape index (κ1) is 15.2. The van der Waals surface area contributed by atoms with Gasteiger partial charge in [0.2, 0.25) is 5.92 Å². The van der Waals surface area contributed by atoms with E-state index < -0.39 is 11.5 Å². The molecular weight excluding hydrogens is 262 g/mol. The zero-order valence-electron chi connectivity index (χ0n) is 12.0. The summed E-state index contributed by atoms with van der Waals surface area (Å²) in [4.78, 5) is 1.94. The van der Waals surface area contributed by atoms with Crippen LogP contribution < -0.4 is 5.73 Å². The molecule has 0 amide bonds. The minimum Gasteiger partial charge on any atom is -0.508 e. The molecule has 1 fully saturated rings. The first-order valence-corrected chi connectivity index (χ1v) is 6.86.